The molecule has 6 heteroatoms. The highest BCUT2D eigenvalue weighted by Gasteiger charge is 2.44. The Hall–Kier alpha value is -1.17. The van der Waals surface area contributed by atoms with Crippen LogP contribution < -0.4 is 5.32 Å². The van der Waals surface area contributed by atoms with Crippen molar-refractivity contribution in [2.24, 2.45) is 11.8 Å². The Balaban J connectivity index is 1.78. The van der Waals surface area contributed by atoms with Crippen LogP contribution in [0.2, 0.25) is 0 Å². The van der Waals surface area contributed by atoms with E-state index in [0.29, 0.717) is 48.4 Å². The van der Waals surface area contributed by atoms with Crippen molar-refractivity contribution in [3.63, 3.8) is 0 Å². The second kappa shape index (κ2) is 4.66. The molecule has 2 fully saturated rings. The highest BCUT2D eigenvalue weighted by Crippen LogP contribution is 2.52. The molecule has 0 spiro atoms. The maximum absolute atomic E-state index is 13.3. The summed E-state index contributed by atoms with van der Waals surface area (Å²) in [7, 11) is 0. The topological polar surface area (TPSA) is 37.8 Å². The van der Waals surface area contributed by atoms with Crippen molar-refractivity contribution in [2.45, 2.75) is 50.7 Å². The molecule has 1 aliphatic heterocycles. The summed E-state index contributed by atoms with van der Waals surface area (Å²) >= 11 is 0. The van der Waals surface area contributed by atoms with Gasteiger partial charge in [0.25, 0.3) is 0 Å². The van der Waals surface area contributed by atoms with Gasteiger partial charge in [0.2, 0.25) is 0 Å². The largest absolute Gasteiger partial charge is 0.433 e. The Morgan fingerprint density at radius 2 is 1.95 bits per heavy atom. The number of nitrogens with one attached hydrogen (secondary N) is 1. The van der Waals surface area contributed by atoms with Crippen molar-refractivity contribution in [3.8, 4) is 0 Å². The van der Waals surface area contributed by atoms with E-state index in [1.165, 1.54) is 6.42 Å². The number of alkyl halides is 3. The number of halogens is 3. The Labute approximate surface area is 121 Å². The first-order valence-corrected chi connectivity index (χ1v) is 7.70. The first kappa shape index (κ1) is 13.5. The minimum Gasteiger partial charge on any atom is -0.311 e. The molecule has 2 bridgehead atoms. The van der Waals surface area contributed by atoms with Crippen molar-refractivity contribution >= 4 is 0 Å². The fourth-order valence-corrected chi connectivity index (χ4v) is 4.34. The third-order valence-electron chi connectivity index (χ3n) is 5.29. The van der Waals surface area contributed by atoms with Crippen molar-refractivity contribution in [1.82, 2.24) is 15.3 Å². The lowest BCUT2D eigenvalue weighted by molar-refractivity contribution is -0.142. The molecule has 0 saturated heterocycles. The van der Waals surface area contributed by atoms with E-state index in [2.05, 4.69) is 15.3 Å². The first-order valence-electron chi connectivity index (χ1n) is 7.70. The van der Waals surface area contributed by atoms with Crippen molar-refractivity contribution in [1.29, 1.82) is 0 Å². The SMILES string of the molecule is FC(F)(F)c1nc(C2CC3CCC2C3)nc2c1CCNC2. The van der Waals surface area contributed by atoms with Gasteiger partial charge in [0.15, 0.2) is 5.69 Å². The van der Waals surface area contributed by atoms with Gasteiger partial charge in [-0.25, -0.2) is 9.97 Å². The highest BCUT2D eigenvalue weighted by atomic mass is 19.4. The van der Waals surface area contributed by atoms with Crippen LogP contribution in [0.15, 0.2) is 0 Å². The summed E-state index contributed by atoms with van der Waals surface area (Å²) in [6.07, 6.45) is 0.436. The molecule has 2 heterocycles. The van der Waals surface area contributed by atoms with Crippen LogP contribution in [0.25, 0.3) is 0 Å². The number of hydrogen-bond donors (Lipinski definition) is 1. The van der Waals surface area contributed by atoms with E-state index in [1.54, 1.807) is 0 Å². The number of hydrogen-bond acceptors (Lipinski definition) is 3. The molecule has 1 N–H and O–H groups in total. The third-order valence-corrected chi connectivity index (χ3v) is 5.29. The molecule has 1 aromatic heterocycles. The fourth-order valence-electron chi connectivity index (χ4n) is 4.34. The van der Waals surface area contributed by atoms with Crippen LogP contribution in [-0.4, -0.2) is 16.5 Å². The molecule has 114 valence electrons. The highest BCUT2D eigenvalue weighted by molar-refractivity contribution is 5.31. The normalized spacial score (nSPS) is 31.5. The molecule has 0 radical (unpaired) electrons. The van der Waals surface area contributed by atoms with Crippen LogP contribution in [-0.2, 0) is 19.1 Å². The van der Waals surface area contributed by atoms with E-state index in [1.807, 2.05) is 0 Å². The molecule has 3 aliphatic rings. The summed E-state index contributed by atoms with van der Waals surface area (Å²) in [6.45, 7) is 0.988. The number of rotatable bonds is 1. The van der Waals surface area contributed by atoms with Crippen LogP contribution in [0.3, 0.4) is 0 Å². The molecular weight excluding hydrogens is 279 g/mol. The Kier molecular flexibility index (Phi) is 3.00. The van der Waals surface area contributed by atoms with Gasteiger partial charge < -0.3 is 5.32 Å². The van der Waals surface area contributed by atoms with Gasteiger partial charge >= 0.3 is 6.18 Å². The van der Waals surface area contributed by atoms with E-state index in [0.717, 1.165) is 19.3 Å². The van der Waals surface area contributed by atoms with Gasteiger partial charge in [0.05, 0.1) is 5.69 Å². The monoisotopic (exact) mass is 297 g/mol. The lowest BCUT2D eigenvalue weighted by Gasteiger charge is -2.25. The average Bonchev–Trinajstić information content (AvgIpc) is 3.07. The molecule has 3 nitrogen and oxygen atoms in total. The molecule has 3 atom stereocenters. The lowest BCUT2D eigenvalue weighted by atomic mass is 9.88. The van der Waals surface area contributed by atoms with Crippen molar-refractivity contribution < 1.29 is 13.2 Å². The fraction of sp³-hybridized carbons (Fsp3) is 0.733. The third kappa shape index (κ3) is 2.24. The second-order valence-corrected chi connectivity index (χ2v) is 6.56. The van der Waals surface area contributed by atoms with Gasteiger partial charge in [-0.15, -0.1) is 0 Å². The van der Waals surface area contributed by atoms with E-state index >= 15 is 0 Å². The predicted octanol–water partition coefficient (Wildman–Crippen LogP) is 3.04. The minimum atomic E-state index is -4.38. The summed E-state index contributed by atoms with van der Waals surface area (Å²) in [5.74, 6) is 1.74. The van der Waals surface area contributed by atoms with Crippen molar-refractivity contribution in [2.75, 3.05) is 6.54 Å². The average molecular weight is 297 g/mol. The first-order chi connectivity index (χ1) is 10.0. The van der Waals surface area contributed by atoms with E-state index < -0.39 is 11.9 Å². The summed E-state index contributed by atoms with van der Waals surface area (Å²) in [4.78, 5) is 8.51. The van der Waals surface area contributed by atoms with Gasteiger partial charge in [-0.05, 0) is 44.1 Å². The van der Waals surface area contributed by atoms with Gasteiger partial charge in [0, 0.05) is 18.0 Å². The molecule has 1 aromatic rings. The summed E-state index contributed by atoms with van der Waals surface area (Å²) < 4.78 is 40.0. The summed E-state index contributed by atoms with van der Waals surface area (Å²) in [5, 5.41) is 3.11. The summed E-state index contributed by atoms with van der Waals surface area (Å²) in [5.41, 5.74) is 0.168. The molecule has 0 aromatic carbocycles. The maximum Gasteiger partial charge on any atom is 0.433 e. The summed E-state index contributed by atoms with van der Waals surface area (Å²) in [6, 6.07) is 0. The van der Waals surface area contributed by atoms with Crippen LogP contribution in [0.4, 0.5) is 13.2 Å². The van der Waals surface area contributed by atoms with Gasteiger partial charge in [-0.1, -0.05) is 6.42 Å². The molecular formula is C15H18F3N3. The van der Waals surface area contributed by atoms with E-state index in [4.69, 9.17) is 0 Å². The van der Waals surface area contributed by atoms with E-state index in [9.17, 15) is 13.2 Å². The zero-order valence-electron chi connectivity index (χ0n) is 11.7. The Bertz CT molecular complexity index is 570. The smallest absolute Gasteiger partial charge is 0.311 e. The quantitative estimate of drug-likeness (QED) is 0.866. The van der Waals surface area contributed by atoms with Gasteiger partial charge in [-0.3, -0.25) is 0 Å². The molecule has 3 unspecified atom stereocenters. The predicted molar refractivity (Wildman–Crippen MR) is 70.6 cm³/mol. The minimum absolute atomic E-state index is 0.136. The maximum atomic E-state index is 13.3. The Morgan fingerprint density at radius 1 is 1.10 bits per heavy atom. The van der Waals surface area contributed by atoms with Crippen LogP contribution in [0, 0.1) is 11.8 Å². The van der Waals surface area contributed by atoms with Crippen LogP contribution in [0.5, 0.6) is 0 Å². The number of aromatic nitrogens is 2. The molecule has 2 saturated carbocycles. The zero-order chi connectivity index (χ0) is 14.6. The second-order valence-electron chi connectivity index (χ2n) is 6.56. The molecule has 21 heavy (non-hydrogen) atoms. The number of fused-ring (bicyclic) bond motifs is 3. The standard InChI is InChI=1S/C15H18F3N3/c16-15(17,18)13-10-3-4-19-7-12(10)20-14(21-13)11-6-8-1-2-9(11)5-8/h8-9,11,19H,1-7H2. The molecule has 0 amide bonds. The zero-order valence-corrected chi connectivity index (χ0v) is 11.7. The molecule has 4 rings (SSSR count). The van der Waals surface area contributed by atoms with Gasteiger partial charge in [-0.2, -0.15) is 13.2 Å². The Morgan fingerprint density at radius 3 is 2.62 bits per heavy atom. The number of nitrogens with zero attached hydrogens (tertiary/aromatic N) is 2. The van der Waals surface area contributed by atoms with Gasteiger partial charge in [0.1, 0.15) is 5.82 Å². The lowest BCUT2D eigenvalue weighted by Crippen LogP contribution is -2.30. The van der Waals surface area contributed by atoms with Crippen LogP contribution >= 0.6 is 0 Å². The van der Waals surface area contributed by atoms with Crippen molar-refractivity contribution in [3.05, 3.63) is 22.8 Å². The van der Waals surface area contributed by atoms with E-state index in [-0.39, 0.29) is 5.92 Å². The molecule has 2 aliphatic carbocycles. The van der Waals surface area contributed by atoms with Crippen LogP contribution in [0.1, 0.15) is 54.4 Å².